The van der Waals surface area contributed by atoms with E-state index in [4.69, 9.17) is 14.6 Å². The van der Waals surface area contributed by atoms with Crippen LogP contribution in [0.4, 0.5) is 8.78 Å². The standard InChI is InChI=1S/C15H12F2O4/c16-11-5-3-6-12(17)14(11)21-9-8-20-13-7-2-1-4-10(13)15(18)19/h1-7H,8-9H2,(H,18,19). The van der Waals surface area contributed by atoms with Gasteiger partial charge in [0.2, 0.25) is 0 Å². The number of rotatable bonds is 6. The second-order valence-electron chi connectivity index (χ2n) is 4.05. The molecule has 2 rings (SSSR count). The van der Waals surface area contributed by atoms with E-state index in [1.54, 1.807) is 12.1 Å². The molecule has 4 nitrogen and oxygen atoms in total. The fourth-order valence-electron chi connectivity index (χ4n) is 1.68. The number of carboxylic acids is 1. The van der Waals surface area contributed by atoms with Gasteiger partial charge in [-0.1, -0.05) is 18.2 Å². The molecular weight excluding hydrogens is 282 g/mol. The van der Waals surface area contributed by atoms with E-state index in [9.17, 15) is 13.6 Å². The van der Waals surface area contributed by atoms with Crippen LogP contribution in [0.3, 0.4) is 0 Å². The Balaban J connectivity index is 1.92. The molecule has 0 unspecified atom stereocenters. The van der Waals surface area contributed by atoms with Crippen LogP contribution >= 0.6 is 0 Å². The van der Waals surface area contributed by atoms with Gasteiger partial charge < -0.3 is 14.6 Å². The Bertz CT molecular complexity index is 623. The van der Waals surface area contributed by atoms with Gasteiger partial charge in [0.1, 0.15) is 24.5 Å². The summed E-state index contributed by atoms with van der Waals surface area (Å²) in [7, 11) is 0. The van der Waals surface area contributed by atoms with E-state index < -0.39 is 23.4 Å². The van der Waals surface area contributed by atoms with Crippen LogP contribution in [0.15, 0.2) is 42.5 Å². The lowest BCUT2D eigenvalue weighted by Gasteiger charge is -2.11. The van der Waals surface area contributed by atoms with E-state index in [1.807, 2.05) is 0 Å². The molecule has 2 aromatic rings. The summed E-state index contributed by atoms with van der Waals surface area (Å²) in [6.07, 6.45) is 0. The number of hydrogen-bond acceptors (Lipinski definition) is 3. The van der Waals surface area contributed by atoms with Gasteiger partial charge in [0.05, 0.1) is 0 Å². The summed E-state index contributed by atoms with van der Waals surface area (Å²) in [5.41, 5.74) is 0.00886. The van der Waals surface area contributed by atoms with Crippen molar-refractivity contribution >= 4 is 5.97 Å². The van der Waals surface area contributed by atoms with Crippen LogP contribution in [0.1, 0.15) is 10.4 Å². The SMILES string of the molecule is O=C(O)c1ccccc1OCCOc1c(F)cccc1F. The predicted octanol–water partition coefficient (Wildman–Crippen LogP) is 3.12. The highest BCUT2D eigenvalue weighted by atomic mass is 19.1. The van der Waals surface area contributed by atoms with Crippen molar-refractivity contribution in [3.8, 4) is 11.5 Å². The van der Waals surface area contributed by atoms with Crippen LogP contribution < -0.4 is 9.47 Å². The van der Waals surface area contributed by atoms with Crippen molar-refractivity contribution in [1.29, 1.82) is 0 Å². The van der Waals surface area contributed by atoms with Crippen LogP contribution in [0.5, 0.6) is 11.5 Å². The Morgan fingerprint density at radius 2 is 1.57 bits per heavy atom. The minimum atomic E-state index is -1.12. The fraction of sp³-hybridized carbons (Fsp3) is 0.133. The molecule has 0 heterocycles. The van der Waals surface area contributed by atoms with Gasteiger partial charge in [0.25, 0.3) is 0 Å². The molecule has 0 bridgehead atoms. The fourth-order valence-corrected chi connectivity index (χ4v) is 1.68. The third-order valence-corrected chi connectivity index (χ3v) is 2.62. The molecule has 0 atom stereocenters. The van der Waals surface area contributed by atoms with Gasteiger partial charge >= 0.3 is 5.97 Å². The third-order valence-electron chi connectivity index (χ3n) is 2.62. The molecule has 0 aliphatic carbocycles. The summed E-state index contributed by atoms with van der Waals surface area (Å²) in [6, 6.07) is 9.48. The lowest BCUT2D eigenvalue weighted by Crippen LogP contribution is -2.12. The van der Waals surface area contributed by atoms with Crippen molar-refractivity contribution in [3.05, 3.63) is 59.7 Å². The Morgan fingerprint density at radius 1 is 0.952 bits per heavy atom. The molecule has 0 amide bonds. The Kier molecular flexibility index (Phi) is 4.71. The minimum Gasteiger partial charge on any atom is -0.489 e. The zero-order valence-corrected chi connectivity index (χ0v) is 10.9. The monoisotopic (exact) mass is 294 g/mol. The smallest absolute Gasteiger partial charge is 0.339 e. The number of carbonyl (C=O) groups is 1. The zero-order chi connectivity index (χ0) is 15.2. The van der Waals surface area contributed by atoms with E-state index >= 15 is 0 Å². The van der Waals surface area contributed by atoms with Crippen LogP contribution in [0.2, 0.25) is 0 Å². The summed E-state index contributed by atoms with van der Waals surface area (Å²) in [5, 5.41) is 8.96. The quantitative estimate of drug-likeness (QED) is 0.832. The summed E-state index contributed by atoms with van der Waals surface area (Å²) < 4.78 is 36.8. The number of carboxylic acid groups (broad SMARTS) is 1. The summed E-state index contributed by atoms with van der Waals surface area (Å²) in [4.78, 5) is 11.0. The Hall–Kier alpha value is -2.63. The molecule has 0 radical (unpaired) electrons. The Morgan fingerprint density at radius 3 is 2.24 bits per heavy atom. The average Bonchev–Trinajstić information content (AvgIpc) is 2.46. The molecule has 0 spiro atoms. The van der Waals surface area contributed by atoms with Crippen molar-refractivity contribution in [2.24, 2.45) is 0 Å². The van der Waals surface area contributed by atoms with E-state index in [0.29, 0.717) is 0 Å². The number of halogens is 2. The lowest BCUT2D eigenvalue weighted by molar-refractivity contribution is 0.0691. The van der Waals surface area contributed by atoms with Gasteiger partial charge in [-0.3, -0.25) is 0 Å². The van der Waals surface area contributed by atoms with Crippen molar-refractivity contribution in [1.82, 2.24) is 0 Å². The molecule has 1 N–H and O–H groups in total. The first-order valence-corrected chi connectivity index (χ1v) is 6.11. The Labute approximate surface area is 119 Å². The van der Waals surface area contributed by atoms with Crippen LogP contribution in [-0.2, 0) is 0 Å². The zero-order valence-electron chi connectivity index (χ0n) is 10.9. The van der Waals surface area contributed by atoms with Crippen LogP contribution in [-0.4, -0.2) is 24.3 Å². The minimum absolute atomic E-state index is 0.00886. The van der Waals surface area contributed by atoms with Gasteiger partial charge in [-0.25, -0.2) is 13.6 Å². The molecule has 0 saturated carbocycles. The predicted molar refractivity (Wildman–Crippen MR) is 70.7 cm³/mol. The molecular formula is C15H12F2O4. The molecule has 0 saturated heterocycles. The molecule has 0 aromatic heterocycles. The molecule has 6 heteroatoms. The van der Waals surface area contributed by atoms with Crippen LogP contribution in [0, 0.1) is 11.6 Å². The highest BCUT2D eigenvalue weighted by Crippen LogP contribution is 2.21. The van der Waals surface area contributed by atoms with Gasteiger partial charge in [-0.05, 0) is 24.3 Å². The second kappa shape index (κ2) is 6.69. The first-order chi connectivity index (χ1) is 10.1. The van der Waals surface area contributed by atoms with Gasteiger partial charge in [-0.15, -0.1) is 0 Å². The van der Waals surface area contributed by atoms with Crippen molar-refractivity contribution in [2.45, 2.75) is 0 Å². The highest BCUT2D eigenvalue weighted by molar-refractivity contribution is 5.90. The maximum Gasteiger partial charge on any atom is 0.339 e. The van der Waals surface area contributed by atoms with E-state index in [1.165, 1.54) is 18.2 Å². The largest absolute Gasteiger partial charge is 0.489 e. The third kappa shape index (κ3) is 3.68. The molecule has 0 aliphatic heterocycles. The highest BCUT2D eigenvalue weighted by Gasteiger charge is 2.11. The van der Waals surface area contributed by atoms with Gasteiger partial charge in [-0.2, -0.15) is 0 Å². The maximum absolute atomic E-state index is 13.3. The lowest BCUT2D eigenvalue weighted by atomic mass is 10.2. The summed E-state index contributed by atoms with van der Waals surface area (Å²) in [6.45, 7) is -0.163. The molecule has 0 fully saturated rings. The van der Waals surface area contributed by atoms with Gasteiger partial charge in [0.15, 0.2) is 17.4 Å². The van der Waals surface area contributed by atoms with Crippen molar-refractivity contribution in [2.75, 3.05) is 13.2 Å². The summed E-state index contributed by atoms with van der Waals surface area (Å²) >= 11 is 0. The summed E-state index contributed by atoms with van der Waals surface area (Å²) in [5.74, 6) is -3.04. The molecule has 21 heavy (non-hydrogen) atoms. The maximum atomic E-state index is 13.3. The number of benzene rings is 2. The second-order valence-corrected chi connectivity index (χ2v) is 4.05. The number of ether oxygens (including phenoxy) is 2. The average molecular weight is 294 g/mol. The topological polar surface area (TPSA) is 55.8 Å². The number of aromatic carboxylic acids is 1. The van der Waals surface area contributed by atoms with Crippen molar-refractivity contribution < 1.29 is 28.2 Å². The molecule has 2 aromatic carbocycles. The number of para-hydroxylation sites is 2. The van der Waals surface area contributed by atoms with Crippen molar-refractivity contribution in [3.63, 3.8) is 0 Å². The first kappa shape index (κ1) is 14.8. The molecule has 0 aliphatic rings. The van der Waals surface area contributed by atoms with E-state index in [0.717, 1.165) is 12.1 Å². The van der Waals surface area contributed by atoms with Crippen LogP contribution in [0.25, 0.3) is 0 Å². The van der Waals surface area contributed by atoms with E-state index in [-0.39, 0.29) is 24.5 Å². The molecule has 110 valence electrons. The van der Waals surface area contributed by atoms with E-state index in [2.05, 4.69) is 0 Å². The number of hydrogen-bond donors (Lipinski definition) is 1. The van der Waals surface area contributed by atoms with Gasteiger partial charge in [0, 0.05) is 0 Å². The normalized spacial score (nSPS) is 10.2. The first-order valence-electron chi connectivity index (χ1n) is 6.11.